The Bertz CT molecular complexity index is 185. The van der Waals surface area contributed by atoms with E-state index in [1.807, 2.05) is 0 Å². The van der Waals surface area contributed by atoms with Crippen molar-refractivity contribution in [2.24, 2.45) is 5.92 Å². The maximum Gasteiger partial charge on any atom is 0.132 e. The molecule has 0 saturated heterocycles. The zero-order valence-electron chi connectivity index (χ0n) is 9.64. The van der Waals surface area contributed by atoms with Crippen LogP contribution in [-0.4, -0.2) is 11.6 Å². The van der Waals surface area contributed by atoms with Gasteiger partial charge in [-0.3, -0.25) is 4.79 Å². The van der Waals surface area contributed by atoms with Crippen LogP contribution in [0.4, 0.5) is 0 Å². The third-order valence-corrected chi connectivity index (χ3v) is 2.58. The summed E-state index contributed by atoms with van der Waals surface area (Å²) in [5, 5.41) is 0. The summed E-state index contributed by atoms with van der Waals surface area (Å²) in [7, 11) is 0. The first-order chi connectivity index (χ1) is 6.57. The Kier molecular flexibility index (Phi) is 7.35. The van der Waals surface area contributed by atoms with E-state index in [9.17, 15) is 9.59 Å². The summed E-state index contributed by atoms with van der Waals surface area (Å²) in [4.78, 5) is 22.0. The van der Waals surface area contributed by atoms with Crippen LogP contribution in [0.1, 0.15) is 59.3 Å². The monoisotopic (exact) mass is 198 g/mol. The standard InChI is InChI=1S/C12H22O2/c1-4-5-6-7-12(11(3)14)9-8-10(2)13/h12H,4-9H2,1-3H3. The Morgan fingerprint density at radius 1 is 1.07 bits per heavy atom. The third kappa shape index (κ3) is 6.81. The van der Waals surface area contributed by atoms with Crippen molar-refractivity contribution in [3.8, 4) is 0 Å². The van der Waals surface area contributed by atoms with E-state index in [0.717, 1.165) is 19.3 Å². The summed E-state index contributed by atoms with van der Waals surface area (Å²) in [6.45, 7) is 5.37. The van der Waals surface area contributed by atoms with Crippen LogP contribution < -0.4 is 0 Å². The minimum Gasteiger partial charge on any atom is -0.300 e. The largest absolute Gasteiger partial charge is 0.300 e. The molecule has 2 nitrogen and oxygen atoms in total. The summed E-state index contributed by atoms with van der Waals surface area (Å²) in [6.07, 6.45) is 5.72. The van der Waals surface area contributed by atoms with Gasteiger partial charge in [0.25, 0.3) is 0 Å². The highest BCUT2D eigenvalue weighted by Crippen LogP contribution is 2.16. The molecule has 0 bridgehead atoms. The smallest absolute Gasteiger partial charge is 0.132 e. The van der Waals surface area contributed by atoms with Crippen LogP contribution in [0.5, 0.6) is 0 Å². The molecule has 0 aliphatic carbocycles. The average molecular weight is 198 g/mol. The molecule has 0 fully saturated rings. The van der Waals surface area contributed by atoms with Crippen molar-refractivity contribution in [3.63, 3.8) is 0 Å². The summed E-state index contributed by atoms with van der Waals surface area (Å²) >= 11 is 0. The second-order valence-corrected chi connectivity index (χ2v) is 4.04. The van der Waals surface area contributed by atoms with Gasteiger partial charge < -0.3 is 4.79 Å². The van der Waals surface area contributed by atoms with Crippen LogP contribution in [0.25, 0.3) is 0 Å². The van der Waals surface area contributed by atoms with Gasteiger partial charge in [0.15, 0.2) is 0 Å². The molecule has 0 aliphatic heterocycles. The van der Waals surface area contributed by atoms with Crippen molar-refractivity contribution >= 4 is 11.6 Å². The molecule has 0 N–H and O–H groups in total. The van der Waals surface area contributed by atoms with Crippen molar-refractivity contribution in [1.82, 2.24) is 0 Å². The molecule has 14 heavy (non-hydrogen) atoms. The van der Waals surface area contributed by atoms with Crippen LogP contribution in [0.2, 0.25) is 0 Å². The second-order valence-electron chi connectivity index (χ2n) is 4.04. The van der Waals surface area contributed by atoms with Crippen LogP contribution in [-0.2, 0) is 9.59 Å². The van der Waals surface area contributed by atoms with Gasteiger partial charge in [0.05, 0.1) is 0 Å². The molecule has 0 saturated carbocycles. The topological polar surface area (TPSA) is 34.1 Å². The molecule has 82 valence electrons. The fourth-order valence-electron chi connectivity index (χ4n) is 1.57. The van der Waals surface area contributed by atoms with Crippen LogP contribution >= 0.6 is 0 Å². The van der Waals surface area contributed by atoms with Crippen LogP contribution in [0, 0.1) is 5.92 Å². The SMILES string of the molecule is CCCCCC(CCC(C)=O)C(C)=O. The summed E-state index contributed by atoms with van der Waals surface area (Å²) < 4.78 is 0. The van der Waals surface area contributed by atoms with Crippen molar-refractivity contribution in [2.45, 2.75) is 59.3 Å². The molecule has 1 atom stereocenters. The van der Waals surface area contributed by atoms with Gasteiger partial charge in [0.2, 0.25) is 0 Å². The molecule has 2 heteroatoms. The molecule has 0 heterocycles. The summed E-state index contributed by atoms with van der Waals surface area (Å²) in [5.74, 6) is 0.541. The van der Waals surface area contributed by atoms with E-state index in [4.69, 9.17) is 0 Å². The number of hydrogen-bond acceptors (Lipinski definition) is 2. The predicted molar refractivity (Wildman–Crippen MR) is 58.2 cm³/mol. The van der Waals surface area contributed by atoms with E-state index in [2.05, 4.69) is 6.92 Å². The first-order valence-electron chi connectivity index (χ1n) is 5.57. The van der Waals surface area contributed by atoms with Crippen molar-refractivity contribution < 1.29 is 9.59 Å². The number of unbranched alkanes of at least 4 members (excludes halogenated alkanes) is 2. The van der Waals surface area contributed by atoms with E-state index in [0.29, 0.717) is 6.42 Å². The van der Waals surface area contributed by atoms with Gasteiger partial charge in [-0.15, -0.1) is 0 Å². The van der Waals surface area contributed by atoms with E-state index in [1.54, 1.807) is 13.8 Å². The van der Waals surface area contributed by atoms with Crippen molar-refractivity contribution in [3.05, 3.63) is 0 Å². The lowest BCUT2D eigenvalue weighted by Gasteiger charge is -2.11. The molecular weight excluding hydrogens is 176 g/mol. The van der Waals surface area contributed by atoms with Gasteiger partial charge in [-0.25, -0.2) is 0 Å². The first kappa shape index (κ1) is 13.3. The molecule has 0 aromatic heterocycles. The van der Waals surface area contributed by atoms with Gasteiger partial charge >= 0.3 is 0 Å². The summed E-state index contributed by atoms with van der Waals surface area (Å²) in [5.41, 5.74) is 0. The lowest BCUT2D eigenvalue weighted by molar-refractivity contribution is -0.121. The minimum atomic E-state index is 0.116. The van der Waals surface area contributed by atoms with E-state index in [-0.39, 0.29) is 17.5 Å². The quantitative estimate of drug-likeness (QED) is 0.561. The Hall–Kier alpha value is -0.660. The van der Waals surface area contributed by atoms with Crippen molar-refractivity contribution in [1.29, 1.82) is 0 Å². The van der Waals surface area contributed by atoms with E-state index < -0.39 is 0 Å². The minimum absolute atomic E-state index is 0.116. The van der Waals surface area contributed by atoms with Crippen LogP contribution in [0.15, 0.2) is 0 Å². The predicted octanol–water partition coefficient (Wildman–Crippen LogP) is 3.14. The number of carbonyl (C=O) groups excluding carboxylic acids is 2. The maximum atomic E-state index is 11.2. The third-order valence-electron chi connectivity index (χ3n) is 2.58. The maximum absolute atomic E-state index is 11.2. The molecule has 0 rings (SSSR count). The Balaban J connectivity index is 3.78. The average Bonchev–Trinajstić information content (AvgIpc) is 2.10. The molecule has 0 aliphatic rings. The highest BCUT2D eigenvalue weighted by molar-refractivity contribution is 5.80. The van der Waals surface area contributed by atoms with Gasteiger partial charge in [-0.2, -0.15) is 0 Å². The number of hydrogen-bond donors (Lipinski definition) is 0. The van der Waals surface area contributed by atoms with E-state index >= 15 is 0 Å². The molecule has 0 aromatic rings. The molecule has 0 amide bonds. The lowest BCUT2D eigenvalue weighted by Crippen LogP contribution is -2.12. The van der Waals surface area contributed by atoms with Gasteiger partial charge in [0.1, 0.15) is 11.6 Å². The molecule has 1 unspecified atom stereocenters. The fourth-order valence-corrected chi connectivity index (χ4v) is 1.57. The van der Waals surface area contributed by atoms with Gasteiger partial charge in [0, 0.05) is 12.3 Å². The lowest BCUT2D eigenvalue weighted by atomic mass is 9.92. The normalized spacial score (nSPS) is 12.5. The first-order valence-corrected chi connectivity index (χ1v) is 5.57. The highest BCUT2D eigenvalue weighted by Gasteiger charge is 2.13. The number of rotatable bonds is 8. The second kappa shape index (κ2) is 7.72. The number of ketones is 2. The Labute approximate surface area is 87.1 Å². The van der Waals surface area contributed by atoms with Gasteiger partial charge in [-0.1, -0.05) is 26.2 Å². The molecule has 0 spiro atoms. The van der Waals surface area contributed by atoms with Crippen LogP contribution in [0.3, 0.4) is 0 Å². The molecular formula is C12H22O2. The Morgan fingerprint density at radius 2 is 1.71 bits per heavy atom. The Morgan fingerprint density at radius 3 is 2.14 bits per heavy atom. The zero-order valence-corrected chi connectivity index (χ0v) is 9.64. The molecule has 0 aromatic carbocycles. The highest BCUT2D eigenvalue weighted by atomic mass is 16.1. The number of Topliss-reactive ketones (excluding diaryl/α,β-unsaturated/α-hetero) is 2. The summed E-state index contributed by atoms with van der Waals surface area (Å²) in [6, 6.07) is 0. The fraction of sp³-hybridized carbons (Fsp3) is 0.833. The number of carbonyl (C=O) groups is 2. The molecule has 0 radical (unpaired) electrons. The zero-order chi connectivity index (χ0) is 11.0. The van der Waals surface area contributed by atoms with Crippen molar-refractivity contribution in [2.75, 3.05) is 0 Å². The van der Waals surface area contributed by atoms with E-state index in [1.165, 1.54) is 12.8 Å². The van der Waals surface area contributed by atoms with Gasteiger partial charge in [-0.05, 0) is 26.7 Å².